The molecule has 0 aliphatic heterocycles. The molecule has 0 saturated heterocycles. The monoisotopic (exact) mass is 536 g/mol. The summed E-state index contributed by atoms with van der Waals surface area (Å²) in [7, 11) is 3.14. The van der Waals surface area contributed by atoms with E-state index in [1.807, 2.05) is 30.5 Å². The molecule has 10 heteroatoms. The Hall–Kier alpha value is -3.73. The number of benzene rings is 1. The third-order valence-corrected chi connectivity index (χ3v) is 8.94. The van der Waals surface area contributed by atoms with E-state index in [1.54, 1.807) is 31.5 Å². The lowest BCUT2D eigenvalue weighted by molar-refractivity contribution is -0.153. The van der Waals surface area contributed by atoms with Crippen LogP contribution in [0, 0.1) is 18.8 Å². The number of hydrogen-bond acceptors (Lipinski definition) is 9. The molecular formula is C28H28N2O7S. The number of ketones is 2. The van der Waals surface area contributed by atoms with Crippen LogP contribution in [-0.4, -0.2) is 68.5 Å². The molecule has 0 bridgehead atoms. The Kier molecular flexibility index (Phi) is 6.09. The van der Waals surface area contributed by atoms with Crippen LogP contribution in [0.3, 0.4) is 0 Å². The number of nitrogens with zero attached hydrogens (tertiary/aromatic N) is 1. The number of thiophene rings is 1. The number of aliphatic hydroxyl groups excluding tert-OH is 2. The molecule has 6 N–H and O–H groups in total. The van der Waals surface area contributed by atoms with Crippen LogP contribution in [0.4, 0.5) is 0 Å². The van der Waals surface area contributed by atoms with Gasteiger partial charge >= 0.3 is 0 Å². The van der Waals surface area contributed by atoms with Gasteiger partial charge in [0.1, 0.15) is 22.8 Å². The van der Waals surface area contributed by atoms with Crippen LogP contribution in [-0.2, 0) is 20.8 Å². The normalized spacial score (nSPS) is 27.1. The first kappa shape index (κ1) is 25.9. The lowest BCUT2D eigenvalue weighted by Crippen LogP contribution is -2.65. The van der Waals surface area contributed by atoms with Gasteiger partial charge in [-0.1, -0.05) is 12.1 Å². The summed E-state index contributed by atoms with van der Waals surface area (Å²) in [5.74, 6) is -6.61. The molecule has 1 amide bonds. The van der Waals surface area contributed by atoms with E-state index in [-0.39, 0.29) is 29.7 Å². The molecule has 1 aromatic heterocycles. The molecule has 3 aliphatic carbocycles. The fourth-order valence-electron chi connectivity index (χ4n) is 6.14. The second-order valence-electron chi connectivity index (χ2n) is 10.3. The number of carbonyl (C=O) groups excluding carboxylic acids is 3. The van der Waals surface area contributed by atoms with E-state index in [0.717, 1.165) is 16.0 Å². The highest BCUT2D eigenvalue weighted by Gasteiger charge is 2.64. The fraction of sp³-hybridized carbons (Fsp3) is 0.321. The summed E-state index contributed by atoms with van der Waals surface area (Å²) in [5.41, 5.74) is 4.27. The van der Waals surface area contributed by atoms with Gasteiger partial charge in [0.2, 0.25) is 5.78 Å². The number of carbonyl (C=O) groups is 3. The third kappa shape index (κ3) is 3.55. The van der Waals surface area contributed by atoms with Gasteiger partial charge in [-0.25, -0.2) is 0 Å². The number of aryl methyl sites for hydroxylation is 1. The molecule has 0 spiro atoms. The lowest BCUT2D eigenvalue weighted by atomic mass is 9.57. The van der Waals surface area contributed by atoms with Gasteiger partial charge in [-0.2, -0.15) is 0 Å². The van der Waals surface area contributed by atoms with Crippen LogP contribution >= 0.6 is 11.3 Å². The number of Topliss-reactive ketones (excluding diaryl/α,β-unsaturated/α-hetero) is 2. The fourth-order valence-corrected chi connectivity index (χ4v) is 6.96. The van der Waals surface area contributed by atoms with E-state index in [0.29, 0.717) is 5.56 Å². The Labute approximate surface area is 222 Å². The minimum Gasteiger partial charge on any atom is -0.508 e. The molecule has 9 nitrogen and oxygen atoms in total. The van der Waals surface area contributed by atoms with Crippen LogP contribution < -0.4 is 5.73 Å². The molecule has 1 saturated carbocycles. The zero-order valence-corrected chi connectivity index (χ0v) is 21.9. The number of phenolic OH excluding ortho intramolecular Hbond substituents is 1. The molecule has 1 heterocycles. The van der Waals surface area contributed by atoms with Crippen LogP contribution in [0.2, 0.25) is 0 Å². The average Bonchev–Trinajstić information content (AvgIpc) is 3.25. The van der Waals surface area contributed by atoms with Crippen LogP contribution in [0.15, 0.2) is 40.5 Å². The van der Waals surface area contributed by atoms with E-state index >= 15 is 0 Å². The maximum Gasteiger partial charge on any atom is 0.255 e. The van der Waals surface area contributed by atoms with E-state index in [2.05, 4.69) is 0 Å². The quantitative estimate of drug-likeness (QED) is 0.373. The maximum atomic E-state index is 13.9. The summed E-state index contributed by atoms with van der Waals surface area (Å²) < 4.78 is 0. The second kappa shape index (κ2) is 8.93. The third-order valence-electron chi connectivity index (χ3n) is 7.96. The summed E-state index contributed by atoms with van der Waals surface area (Å²) in [6, 6.07) is 4.04. The molecular weight excluding hydrogens is 508 g/mol. The average molecular weight is 537 g/mol. The maximum absolute atomic E-state index is 13.9. The second-order valence-corrected chi connectivity index (χ2v) is 11.2. The van der Waals surface area contributed by atoms with Crippen LogP contribution in [0.5, 0.6) is 5.75 Å². The number of rotatable bonds is 4. The van der Waals surface area contributed by atoms with Crippen molar-refractivity contribution >= 4 is 46.7 Å². The topological polar surface area (TPSA) is 161 Å². The first-order chi connectivity index (χ1) is 17.9. The SMILES string of the molecule is Cc1ccsc1/C=C/c1ccc(O)c2c1C[C@H]1C[C@H]3[C@H](N(C)C)C(=O)C(C(N)=O)=C(O)[C@@]3(O)C(=O)C1=C2O. The number of fused-ring (bicyclic) bond motifs is 3. The Morgan fingerprint density at radius 2 is 1.87 bits per heavy atom. The van der Waals surface area contributed by atoms with Gasteiger partial charge in [-0.15, -0.1) is 11.3 Å². The summed E-state index contributed by atoms with van der Waals surface area (Å²) >= 11 is 1.58. The predicted octanol–water partition coefficient (Wildman–Crippen LogP) is 2.50. The van der Waals surface area contributed by atoms with E-state index < -0.39 is 58.0 Å². The van der Waals surface area contributed by atoms with Crippen molar-refractivity contribution in [1.82, 2.24) is 4.90 Å². The highest BCUT2D eigenvalue weighted by molar-refractivity contribution is 7.11. The van der Waals surface area contributed by atoms with Gasteiger partial charge in [0.05, 0.1) is 11.6 Å². The molecule has 0 unspecified atom stereocenters. The highest BCUT2D eigenvalue weighted by Crippen LogP contribution is 2.53. The molecule has 1 aromatic carbocycles. The number of primary amides is 1. The van der Waals surface area contributed by atoms with E-state index in [1.165, 1.54) is 11.0 Å². The van der Waals surface area contributed by atoms with Gasteiger partial charge in [0.25, 0.3) is 5.91 Å². The Morgan fingerprint density at radius 1 is 1.16 bits per heavy atom. The Balaban J connectivity index is 1.68. The molecule has 5 rings (SSSR count). The summed E-state index contributed by atoms with van der Waals surface area (Å²) in [5, 5.41) is 46.5. The van der Waals surface area contributed by atoms with Crippen molar-refractivity contribution in [1.29, 1.82) is 0 Å². The molecule has 3 aliphatic rings. The van der Waals surface area contributed by atoms with Crippen molar-refractivity contribution in [2.75, 3.05) is 14.1 Å². The largest absolute Gasteiger partial charge is 0.508 e. The number of likely N-dealkylation sites (N-methyl/N-ethyl adjacent to an activating group) is 1. The number of phenols is 1. The van der Waals surface area contributed by atoms with Crippen LogP contribution in [0.1, 0.15) is 33.6 Å². The van der Waals surface area contributed by atoms with Gasteiger partial charge in [-0.05, 0) is 80.1 Å². The molecule has 1 fully saturated rings. The number of aromatic hydroxyl groups is 1. The van der Waals surface area contributed by atoms with Crippen molar-refractivity contribution in [2.24, 2.45) is 17.6 Å². The first-order valence-corrected chi connectivity index (χ1v) is 13.0. The number of nitrogens with two attached hydrogens (primary N) is 1. The van der Waals surface area contributed by atoms with Crippen molar-refractivity contribution < 1.29 is 34.8 Å². The zero-order valence-electron chi connectivity index (χ0n) is 21.1. The van der Waals surface area contributed by atoms with E-state index in [9.17, 15) is 34.8 Å². The standard InChI is InChI=1S/C28H28N2O7S/c1-12-8-9-38-18(12)7-5-13-4-6-17(31)20-15(13)10-14-11-16-22(30(2)3)24(33)21(27(29)36)26(35)28(16,37)25(34)19(14)23(20)32/h4-9,14,16,22,31-32,35,37H,10-11H2,1-3H3,(H2,29,36)/b7-5+/t14-,16-,22-,28-/m0/s1. The molecule has 198 valence electrons. The van der Waals surface area contributed by atoms with Crippen molar-refractivity contribution in [3.05, 3.63) is 67.6 Å². The Morgan fingerprint density at radius 3 is 2.47 bits per heavy atom. The minimum atomic E-state index is -2.64. The molecule has 2 aromatic rings. The zero-order chi connectivity index (χ0) is 27.7. The van der Waals surface area contributed by atoms with Gasteiger partial charge < -0.3 is 26.2 Å². The smallest absolute Gasteiger partial charge is 0.255 e. The van der Waals surface area contributed by atoms with Crippen LogP contribution in [0.25, 0.3) is 17.9 Å². The van der Waals surface area contributed by atoms with Crippen molar-refractivity contribution in [3.63, 3.8) is 0 Å². The van der Waals surface area contributed by atoms with Gasteiger partial charge in [-0.3, -0.25) is 19.3 Å². The number of aliphatic hydroxyl groups is 3. The minimum absolute atomic E-state index is 0.0502. The number of hydrogen-bond donors (Lipinski definition) is 5. The molecule has 4 atom stereocenters. The van der Waals surface area contributed by atoms with E-state index in [4.69, 9.17) is 5.73 Å². The number of amides is 1. The predicted molar refractivity (Wildman–Crippen MR) is 142 cm³/mol. The first-order valence-electron chi connectivity index (χ1n) is 12.1. The highest BCUT2D eigenvalue weighted by atomic mass is 32.1. The molecule has 0 radical (unpaired) electrons. The Bertz CT molecular complexity index is 1500. The van der Waals surface area contributed by atoms with Gasteiger partial charge in [0, 0.05) is 16.4 Å². The summed E-state index contributed by atoms with van der Waals surface area (Å²) in [4.78, 5) is 41.7. The van der Waals surface area contributed by atoms with Crippen molar-refractivity contribution in [2.45, 2.75) is 31.4 Å². The van der Waals surface area contributed by atoms with Gasteiger partial charge in [0.15, 0.2) is 11.4 Å². The molecule has 38 heavy (non-hydrogen) atoms. The van der Waals surface area contributed by atoms with Crippen molar-refractivity contribution in [3.8, 4) is 5.75 Å². The summed E-state index contributed by atoms with van der Waals surface area (Å²) in [6.45, 7) is 2.00. The lowest BCUT2D eigenvalue weighted by Gasteiger charge is -2.50. The summed E-state index contributed by atoms with van der Waals surface area (Å²) in [6.07, 6.45) is 4.13.